The van der Waals surface area contributed by atoms with Crippen LogP contribution < -0.4 is 11.5 Å². The molecule has 4 N–H and O–H groups in total. The number of halogens is 3. The summed E-state index contributed by atoms with van der Waals surface area (Å²) in [6, 6.07) is -0.801. The number of rotatable bonds is 4. The van der Waals surface area contributed by atoms with E-state index in [1.54, 1.807) is 6.92 Å². The summed E-state index contributed by atoms with van der Waals surface area (Å²) in [5.74, 6) is -2.79. The van der Waals surface area contributed by atoms with Gasteiger partial charge in [-0.25, -0.2) is 0 Å². The van der Waals surface area contributed by atoms with Crippen LogP contribution in [-0.2, 0) is 4.79 Å². The van der Waals surface area contributed by atoms with Gasteiger partial charge in [0.15, 0.2) is 0 Å². The largest absolute Gasteiger partial charge is 0.393 e. The van der Waals surface area contributed by atoms with Gasteiger partial charge in [-0.05, 0) is 18.8 Å². The van der Waals surface area contributed by atoms with Gasteiger partial charge in [0.2, 0.25) is 5.91 Å². The van der Waals surface area contributed by atoms with Crippen molar-refractivity contribution in [2.75, 3.05) is 0 Å². The summed E-state index contributed by atoms with van der Waals surface area (Å²) in [4.78, 5) is 10.7. The van der Waals surface area contributed by atoms with E-state index in [0.29, 0.717) is 12.8 Å². The first-order valence-electron chi connectivity index (χ1n) is 4.86. The molecule has 0 aromatic carbocycles. The highest BCUT2D eigenvalue weighted by atomic mass is 19.4. The number of nitrogens with two attached hydrogens (primary N) is 2. The lowest BCUT2D eigenvalue weighted by Crippen LogP contribution is -2.20. The number of amides is 1. The zero-order valence-electron chi connectivity index (χ0n) is 8.42. The van der Waals surface area contributed by atoms with E-state index < -0.39 is 30.0 Å². The van der Waals surface area contributed by atoms with Crippen LogP contribution >= 0.6 is 0 Å². The smallest absolute Gasteiger partial charge is 0.369 e. The van der Waals surface area contributed by atoms with E-state index in [0.717, 1.165) is 0 Å². The van der Waals surface area contributed by atoms with Crippen LogP contribution in [0, 0.1) is 17.8 Å². The summed E-state index contributed by atoms with van der Waals surface area (Å²) in [6.07, 6.45) is -3.52. The van der Waals surface area contributed by atoms with E-state index in [-0.39, 0.29) is 5.92 Å². The van der Waals surface area contributed by atoms with Gasteiger partial charge in [0.1, 0.15) is 0 Å². The molecule has 0 saturated heterocycles. The maximum atomic E-state index is 12.3. The fourth-order valence-corrected chi connectivity index (χ4v) is 1.82. The summed E-state index contributed by atoms with van der Waals surface area (Å²) < 4.78 is 36.8. The fraction of sp³-hybridized carbons (Fsp3) is 0.889. The van der Waals surface area contributed by atoms with E-state index in [1.807, 2.05) is 0 Å². The van der Waals surface area contributed by atoms with E-state index in [1.165, 1.54) is 0 Å². The molecular weight excluding hydrogens is 209 g/mol. The van der Waals surface area contributed by atoms with Crippen molar-refractivity contribution < 1.29 is 18.0 Å². The van der Waals surface area contributed by atoms with Crippen LogP contribution in [0.2, 0.25) is 0 Å². The molecule has 1 aliphatic rings. The molecule has 1 fully saturated rings. The van der Waals surface area contributed by atoms with Crippen LogP contribution in [0.15, 0.2) is 0 Å². The molecule has 6 heteroatoms. The third-order valence-electron chi connectivity index (χ3n) is 3.03. The molecule has 0 aromatic heterocycles. The summed E-state index contributed by atoms with van der Waals surface area (Å²) in [6.45, 7) is 1.61. The van der Waals surface area contributed by atoms with E-state index in [4.69, 9.17) is 11.5 Å². The lowest BCUT2D eigenvalue weighted by molar-refractivity contribution is -0.152. The van der Waals surface area contributed by atoms with Gasteiger partial charge in [0.25, 0.3) is 0 Å². The summed E-state index contributed by atoms with van der Waals surface area (Å²) in [7, 11) is 0. The molecule has 0 radical (unpaired) electrons. The van der Waals surface area contributed by atoms with Crippen LogP contribution in [0.25, 0.3) is 0 Å². The molecule has 4 unspecified atom stereocenters. The van der Waals surface area contributed by atoms with Crippen molar-refractivity contribution in [1.29, 1.82) is 0 Å². The molecule has 0 aromatic rings. The third kappa shape index (κ3) is 2.84. The molecule has 15 heavy (non-hydrogen) atoms. The van der Waals surface area contributed by atoms with E-state index in [2.05, 4.69) is 0 Å². The Kier molecular flexibility index (Phi) is 3.28. The van der Waals surface area contributed by atoms with Gasteiger partial charge in [0, 0.05) is 12.0 Å². The van der Waals surface area contributed by atoms with Gasteiger partial charge in [-0.2, -0.15) is 13.2 Å². The Hall–Kier alpha value is -0.780. The van der Waals surface area contributed by atoms with Gasteiger partial charge in [0.05, 0.1) is 5.92 Å². The Bertz CT molecular complexity index is 254. The predicted octanol–water partition coefficient (Wildman–Crippen LogP) is 1.02. The van der Waals surface area contributed by atoms with Crippen LogP contribution in [0.5, 0.6) is 0 Å². The van der Waals surface area contributed by atoms with Crippen LogP contribution in [0.4, 0.5) is 13.2 Å². The average Bonchev–Trinajstić information content (AvgIpc) is 2.71. The SMILES string of the molecule is CC(CCC1C(N)C1C(F)(F)F)C(N)=O. The maximum absolute atomic E-state index is 12.3. The molecule has 0 spiro atoms. The first kappa shape index (κ1) is 12.3. The first-order valence-corrected chi connectivity index (χ1v) is 4.86. The van der Waals surface area contributed by atoms with Crippen molar-refractivity contribution in [1.82, 2.24) is 0 Å². The molecule has 1 saturated carbocycles. The summed E-state index contributed by atoms with van der Waals surface area (Å²) in [5, 5.41) is 0. The highest BCUT2D eigenvalue weighted by molar-refractivity contribution is 5.76. The van der Waals surface area contributed by atoms with Gasteiger partial charge in [-0.15, -0.1) is 0 Å². The maximum Gasteiger partial charge on any atom is 0.393 e. The second-order valence-corrected chi connectivity index (χ2v) is 4.19. The molecule has 1 amide bonds. The van der Waals surface area contributed by atoms with Crippen molar-refractivity contribution in [3.05, 3.63) is 0 Å². The summed E-state index contributed by atoms with van der Waals surface area (Å²) >= 11 is 0. The Morgan fingerprint density at radius 3 is 2.33 bits per heavy atom. The number of primary amides is 1. The van der Waals surface area contributed by atoms with Gasteiger partial charge in [-0.1, -0.05) is 6.92 Å². The number of carbonyl (C=O) groups is 1. The molecule has 0 heterocycles. The number of alkyl halides is 3. The van der Waals surface area contributed by atoms with Crippen molar-refractivity contribution in [3.8, 4) is 0 Å². The molecule has 4 atom stereocenters. The molecule has 0 aliphatic heterocycles. The molecule has 1 aliphatic carbocycles. The minimum atomic E-state index is -4.21. The third-order valence-corrected chi connectivity index (χ3v) is 3.03. The van der Waals surface area contributed by atoms with Crippen LogP contribution in [0.1, 0.15) is 19.8 Å². The van der Waals surface area contributed by atoms with Crippen molar-refractivity contribution in [3.63, 3.8) is 0 Å². The number of hydrogen-bond acceptors (Lipinski definition) is 2. The van der Waals surface area contributed by atoms with Crippen molar-refractivity contribution in [2.45, 2.75) is 32.0 Å². The molecule has 0 bridgehead atoms. The highest BCUT2D eigenvalue weighted by Gasteiger charge is 2.62. The Morgan fingerprint density at radius 1 is 1.47 bits per heavy atom. The number of hydrogen-bond donors (Lipinski definition) is 2. The fourth-order valence-electron chi connectivity index (χ4n) is 1.82. The standard InChI is InChI=1S/C9H15F3N2O/c1-4(8(14)15)2-3-5-6(7(5)13)9(10,11)12/h4-7H,2-3,13H2,1H3,(H2,14,15). The van der Waals surface area contributed by atoms with Crippen LogP contribution in [0.3, 0.4) is 0 Å². The Morgan fingerprint density at radius 2 is 2.00 bits per heavy atom. The van der Waals surface area contributed by atoms with Crippen molar-refractivity contribution in [2.24, 2.45) is 29.2 Å². The zero-order valence-corrected chi connectivity index (χ0v) is 8.42. The van der Waals surface area contributed by atoms with Crippen molar-refractivity contribution >= 4 is 5.91 Å². The Balaban J connectivity index is 2.34. The topological polar surface area (TPSA) is 69.1 Å². The predicted molar refractivity (Wildman–Crippen MR) is 48.6 cm³/mol. The van der Waals surface area contributed by atoms with E-state index in [9.17, 15) is 18.0 Å². The average molecular weight is 224 g/mol. The molecule has 88 valence electrons. The number of carbonyl (C=O) groups excluding carboxylic acids is 1. The van der Waals surface area contributed by atoms with Crippen LogP contribution in [-0.4, -0.2) is 18.1 Å². The summed E-state index contributed by atoms with van der Waals surface area (Å²) in [5.41, 5.74) is 10.3. The quantitative estimate of drug-likeness (QED) is 0.748. The zero-order chi connectivity index (χ0) is 11.8. The molecule has 1 rings (SSSR count). The minimum Gasteiger partial charge on any atom is -0.369 e. The second kappa shape index (κ2) is 4.00. The monoisotopic (exact) mass is 224 g/mol. The first-order chi connectivity index (χ1) is 6.75. The van der Waals surface area contributed by atoms with Gasteiger partial charge in [-0.3, -0.25) is 4.79 Å². The minimum absolute atomic E-state index is 0.315. The van der Waals surface area contributed by atoms with Gasteiger partial charge < -0.3 is 11.5 Å². The Labute approximate surface area is 86.0 Å². The van der Waals surface area contributed by atoms with E-state index >= 15 is 0 Å². The highest BCUT2D eigenvalue weighted by Crippen LogP contribution is 2.51. The lowest BCUT2D eigenvalue weighted by atomic mass is 10.0. The lowest BCUT2D eigenvalue weighted by Gasteiger charge is -2.07. The molecule has 3 nitrogen and oxygen atoms in total. The second-order valence-electron chi connectivity index (χ2n) is 4.19. The molecular formula is C9H15F3N2O. The van der Waals surface area contributed by atoms with Gasteiger partial charge >= 0.3 is 6.18 Å². The normalized spacial score (nSPS) is 32.5.